The highest BCUT2D eigenvalue weighted by Gasteiger charge is 2.31. The van der Waals surface area contributed by atoms with E-state index < -0.39 is 0 Å². The molecule has 1 atom stereocenters. The lowest BCUT2D eigenvalue weighted by Gasteiger charge is -2.23. The van der Waals surface area contributed by atoms with Crippen LogP contribution in [0.15, 0.2) is 18.3 Å². The standard InChI is InChI=1S/C17H26N4O2/c1-2-23-16-14(6-5-8-18-16)12-19-17(22)21-11-7-15(13-21)20-9-3-4-10-20/h5-6,8,15H,2-4,7,9-13H2,1H3,(H,19,22). The number of amides is 2. The van der Waals surface area contributed by atoms with Crippen molar-refractivity contribution >= 4 is 6.03 Å². The molecule has 2 fully saturated rings. The summed E-state index contributed by atoms with van der Waals surface area (Å²) in [4.78, 5) is 21.1. The number of carbonyl (C=O) groups excluding carboxylic acids is 1. The van der Waals surface area contributed by atoms with Crippen LogP contribution < -0.4 is 10.1 Å². The predicted octanol–water partition coefficient (Wildman–Crippen LogP) is 1.86. The first-order chi connectivity index (χ1) is 11.3. The van der Waals surface area contributed by atoms with Crippen LogP contribution in [0.4, 0.5) is 4.79 Å². The predicted molar refractivity (Wildman–Crippen MR) is 88.4 cm³/mol. The molecule has 2 amide bonds. The van der Waals surface area contributed by atoms with Crippen molar-refractivity contribution < 1.29 is 9.53 Å². The van der Waals surface area contributed by atoms with Crippen LogP contribution in [0.2, 0.25) is 0 Å². The van der Waals surface area contributed by atoms with Gasteiger partial charge in [-0.3, -0.25) is 4.90 Å². The molecule has 0 spiro atoms. The third-order valence-electron chi connectivity index (χ3n) is 4.67. The van der Waals surface area contributed by atoms with Gasteiger partial charge in [-0.1, -0.05) is 6.07 Å². The first kappa shape index (κ1) is 16.1. The Morgan fingerprint density at radius 1 is 1.39 bits per heavy atom. The molecule has 3 heterocycles. The molecule has 6 nitrogen and oxygen atoms in total. The third-order valence-corrected chi connectivity index (χ3v) is 4.67. The molecule has 0 radical (unpaired) electrons. The number of ether oxygens (including phenoxy) is 1. The molecule has 1 aromatic rings. The first-order valence-corrected chi connectivity index (χ1v) is 8.61. The minimum atomic E-state index is 0.0120. The molecule has 6 heteroatoms. The van der Waals surface area contributed by atoms with E-state index in [1.165, 1.54) is 25.9 Å². The van der Waals surface area contributed by atoms with Gasteiger partial charge in [0.25, 0.3) is 0 Å². The average Bonchev–Trinajstić information content (AvgIpc) is 3.25. The molecule has 0 saturated carbocycles. The lowest BCUT2D eigenvalue weighted by Crippen LogP contribution is -2.41. The quantitative estimate of drug-likeness (QED) is 0.900. The fourth-order valence-electron chi connectivity index (χ4n) is 3.44. The Morgan fingerprint density at radius 3 is 3.00 bits per heavy atom. The highest BCUT2D eigenvalue weighted by Crippen LogP contribution is 2.20. The highest BCUT2D eigenvalue weighted by atomic mass is 16.5. The molecule has 2 aliphatic rings. The number of nitrogens with zero attached hydrogens (tertiary/aromatic N) is 3. The molecule has 1 aromatic heterocycles. The van der Waals surface area contributed by atoms with Crippen LogP contribution in [0.3, 0.4) is 0 Å². The maximum absolute atomic E-state index is 12.4. The summed E-state index contributed by atoms with van der Waals surface area (Å²) in [6.45, 7) is 7.02. The maximum atomic E-state index is 12.4. The molecular weight excluding hydrogens is 292 g/mol. The zero-order chi connectivity index (χ0) is 16.1. The van der Waals surface area contributed by atoms with E-state index in [-0.39, 0.29) is 6.03 Å². The van der Waals surface area contributed by atoms with Crippen molar-refractivity contribution in [2.24, 2.45) is 0 Å². The highest BCUT2D eigenvalue weighted by molar-refractivity contribution is 5.74. The van der Waals surface area contributed by atoms with E-state index in [1.54, 1.807) is 6.20 Å². The Kier molecular flexibility index (Phi) is 5.33. The molecular formula is C17H26N4O2. The van der Waals surface area contributed by atoms with Crippen LogP contribution >= 0.6 is 0 Å². The van der Waals surface area contributed by atoms with Crippen molar-refractivity contribution in [3.63, 3.8) is 0 Å². The van der Waals surface area contributed by atoms with E-state index in [4.69, 9.17) is 4.74 Å². The van der Waals surface area contributed by atoms with Crippen LogP contribution in [0.5, 0.6) is 5.88 Å². The van der Waals surface area contributed by atoms with Gasteiger partial charge in [0.2, 0.25) is 5.88 Å². The number of carbonyl (C=O) groups is 1. The van der Waals surface area contributed by atoms with E-state index in [2.05, 4.69) is 15.2 Å². The van der Waals surface area contributed by atoms with Crippen LogP contribution in [-0.2, 0) is 6.54 Å². The normalized spacial score (nSPS) is 21.6. The first-order valence-electron chi connectivity index (χ1n) is 8.61. The zero-order valence-corrected chi connectivity index (χ0v) is 13.8. The summed E-state index contributed by atoms with van der Waals surface area (Å²) in [5.41, 5.74) is 0.915. The van der Waals surface area contributed by atoms with E-state index in [0.29, 0.717) is 25.1 Å². The number of nitrogens with one attached hydrogen (secondary N) is 1. The molecule has 0 bridgehead atoms. The van der Waals surface area contributed by atoms with Crippen molar-refractivity contribution in [2.75, 3.05) is 32.8 Å². The smallest absolute Gasteiger partial charge is 0.317 e. The van der Waals surface area contributed by atoms with Crippen molar-refractivity contribution in [3.8, 4) is 5.88 Å². The van der Waals surface area contributed by atoms with Gasteiger partial charge >= 0.3 is 6.03 Å². The summed E-state index contributed by atoms with van der Waals surface area (Å²) >= 11 is 0. The van der Waals surface area contributed by atoms with E-state index >= 15 is 0 Å². The largest absolute Gasteiger partial charge is 0.478 e. The van der Waals surface area contributed by atoms with Crippen LogP contribution in [0, 0.1) is 0 Å². The Bertz CT molecular complexity index is 531. The van der Waals surface area contributed by atoms with Crippen molar-refractivity contribution in [1.82, 2.24) is 20.1 Å². The third kappa shape index (κ3) is 3.93. The van der Waals surface area contributed by atoms with Crippen molar-refractivity contribution in [1.29, 1.82) is 0 Å². The maximum Gasteiger partial charge on any atom is 0.317 e. The van der Waals surface area contributed by atoms with Gasteiger partial charge in [0.15, 0.2) is 0 Å². The number of hydrogen-bond donors (Lipinski definition) is 1. The van der Waals surface area contributed by atoms with Gasteiger partial charge < -0.3 is 15.0 Å². The second-order valence-corrected chi connectivity index (χ2v) is 6.19. The van der Waals surface area contributed by atoms with Crippen molar-refractivity contribution in [3.05, 3.63) is 23.9 Å². The number of likely N-dealkylation sites (tertiary alicyclic amines) is 2. The van der Waals surface area contributed by atoms with Gasteiger partial charge in [-0.25, -0.2) is 9.78 Å². The molecule has 1 N–H and O–H groups in total. The van der Waals surface area contributed by atoms with Crippen LogP contribution in [-0.4, -0.2) is 59.6 Å². The van der Waals surface area contributed by atoms with Crippen LogP contribution in [0.1, 0.15) is 31.7 Å². The molecule has 0 aromatic carbocycles. The number of aromatic nitrogens is 1. The van der Waals surface area contributed by atoms with E-state index in [9.17, 15) is 4.79 Å². The minimum Gasteiger partial charge on any atom is -0.478 e. The second-order valence-electron chi connectivity index (χ2n) is 6.19. The number of urea groups is 1. The van der Waals surface area contributed by atoms with Gasteiger partial charge in [-0.2, -0.15) is 0 Å². The van der Waals surface area contributed by atoms with Gasteiger partial charge in [-0.15, -0.1) is 0 Å². The summed E-state index contributed by atoms with van der Waals surface area (Å²) in [6, 6.07) is 4.36. The average molecular weight is 318 g/mol. The number of pyridine rings is 1. The topological polar surface area (TPSA) is 57.7 Å². The van der Waals surface area contributed by atoms with Crippen molar-refractivity contribution in [2.45, 2.75) is 38.8 Å². The van der Waals surface area contributed by atoms with E-state index in [0.717, 1.165) is 25.1 Å². The second kappa shape index (κ2) is 7.64. The number of hydrogen-bond acceptors (Lipinski definition) is 4. The van der Waals surface area contributed by atoms with Gasteiger partial charge in [-0.05, 0) is 45.3 Å². The summed E-state index contributed by atoms with van der Waals surface area (Å²) in [5.74, 6) is 0.603. The Hall–Kier alpha value is -1.82. The fraction of sp³-hybridized carbons (Fsp3) is 0.647. The number of rotatable bonds is 5. The lowest BCUT2D eigenvalue weighted by molar-refractivity contribution is 0.198. The summed E-state index contributed by atoms with van der Waals surface area (Å²) in [5, 5.41) is 3.00. The zero-order valence-electron chi connectivity index (χ0n) is 13.8. The Labute approximate surface area is 137 Å². The van der Waals surface area contributed by atoms with Gasteiger partial charge in [0, 0.05) is 37.4 Å². The van der Waals surface area contributed by atoms with Gasteiger partial charge in [0.1, 0.15) is 0 Å². The summed E-state index contributed by atoms with van der Waals surface area (Å²) < 4.78 is 5.50. The molecule has 23 heavy (non-hydrogen) atoms. The molecule has 1 unspecified atom stereocenters. The minimum absolute atomic E-state index is 0.0120. The van der Waals surface area contributed by atoms with Gasteiger partial charge in [0.05, 0.1) is 6.61 Å². The Balaban J connectivity index is 1.50. The van der Waals surface area contributed by atoms with E-state index in [1.807, 2.05) is 24.0 Å². The molecule has 3 rings (SSSR count). The molecule has 0 aliphatic carbocycles. The fourth-order valence-corrected chi connectivity index (χ4v) is 3.44. The molecule has 2 aliphatic heterocycles. The molecule has 126 valence electrons. The summed E-state index contributed by atoms with van der Waals surface area (Å²) in [6.07, 6.45) is 5.38. The van der Waals surface area contributed by atoms with Crippen LogP contribution in [0.25, 0.3) is 0 Å². The SMILES string of the molecule is CCOc1ncccc1CNC(=O)N1CCC(N2CCCC2)C1. The summed E-state index contributed by atoms with van der Waals surface area (Å²) in [7, 11) is 0. The Morgan fingerprint density at radius 2 is 2.22 bits per heavy atom. The lowest BCUT2D eigenvalue weighted by atomic mass is 10.2. The monoisotopic (exact) mass is 318 g/mol. The molecule has 2 saturated heterocycles.